The number of aromatic nitrogens is 3. The number of amides is 1. The Kier molecular flexibility index (Phi) is 6.37. The molecule has 1 amide bonds. The molecule has 1 heterocycles. The van der Waals surface area contributed by atoms with Crippen LogP contribution >= 0.6 is 23.4 Å². The maximum Gasteiger partial charge on any atom is 0.234 e. The number of para-hydroxylation sites is 1. The highest BCUT2D eigenvalue weighted by Crippen LogP contribution is 2.27. The summed E-state index contributed by atoms with van der Waals surface area (Å²) >= 11 is 7.46. The summed E-state index contributed by atoms with van der Waals surface area (Å²) in [6.45, 7) is 0. The van der Waals surface area contributed by atoms with Crippen molar-refractivity contribution < 1.29 is 4.79 Å². The molecule has 1 aliphatic rings. The van der Waals surface area contributed by atoms with Crippen molar-refractivity contribution in [2.24, 2.45) is 13.0 Å². The number of thioether (sulfide) groups is 1. The third-order valence-electron chi connectivity index (χ3n) is 4.60. The van der Waals surface area contributed by atoms with Gasteiger partial charge in [0.2, 0.25) is 5.91 Å². The fourth-order valence-electron chi connectivity index (χ4n) is 3.18. The average Bonchev–Trinajstić information content (AvgIpc) is 2.96. The molecule has 2 aromatic rings. The zero-order chi connectivity index (χ0) is 17.6. The SMILES string of the molecule is Cn1c(CC2CCCCC2)nnc1SCC(=O)Nc1ccccc1Cl. The highest BCUT2D eigenvalue weighted by molar-refractivity contribution is 7.99. The number of nitrogens with one attached hydrogen (secondary N) is 1. The minimum atomic E-state index is -0.102. The fourth-order valence-corrected chi connectivity index (χ4v) is 4.09. The van der Waals surface area contributed by atoms with Gasteiger partial charge in [0.05, 0.1) is 16.5 Å². The number of carbonyl (C=O) groups is 1. The van der Waals surface area contributed by atoms with Gasteiger partial charge in [0.25, 0.3) is 0 Å². The second-order valence-electron chi connectivity index (χ2n) is 6.48. The summed E-state index contributed by atoms with van der Waals surface area (Å²) < 4.78 is 2.02. The summed E-state index contributed by atoms with van der Waals surface area (Å²) in [4.78, 5) is 12.1. The molecule has 1 aromatic carbocycles. The first-order valence-corrected chi connectivity index (χ1v) is 10.1. The predicted octanol–water partition coefficient (Wildman–Crippen LogP) is 4.32. The van der Waals surface area contributed by atoms with Crippen LogP contribution in [0.25, 0.3) is 0 Å². The van der Waals surface area contributed by atoms with E-state index in [-0.39, 0.29) is 11.7 Å². The van der Waals surface area contributed by atoms with Crippen LogP contribution in [-0.2, 0) is 18.3 Å². The Labute approximate surface area is 157 Å². The third kappa shape index (κ3) is 4.98. The van der Waals surface area contributed by atoms with E-state index in [2.05, 4.69) is 15.5 Å². The summed E-state index contributed by atoms with van der Waals surface area (Å²) in [5.41, 5.74) is 0.630. The lowest BCUT2D eigenvalue weighted by molar-refractivity contribution is -0.113. The van der Waals surface area contributed by atoms with Gasteiger partial charge in [-0.05, 0) is 18.1 Å². The number of anilines is 1. The monoisotopic (exact) mass is 378 g/mol. The van der Waals surface area contributed by atoms with Crippen molar-refractivity contribution in [3.05, 3.63) is 35.1 Å². The molecule has 0 radical (unpaired) electrons. The predicted molar refractivity (Wildman–Crippen MR) is 102 cm³/mol. The lowest BCUT2D eigenvalue weighted by Gasteiger charge is -2.20. The molecule has 1 N–H and O–H groups in total. The lowest BCUT2D eigenvalue weighted by atomic mass is 9.87. The quantitative estimate of drug-likeness (QED) is 0.760. The molecule has 5 nitrogen and oxygen atoms in total. The molecule has 0 spiro atoms. The third-order valence-corrected chi connectivity index (χ3v) is 5.95. The highest BCUT2D eigenvalue weighted by Gasteiger charge is 2.18. The van der Waals surface area contributed by atoms with Crippen molar-refractivity contribution in [1.29, 1.82) is 0 Å². The van der Waals surface area contributed by atoms with Crippen LogP contribution in [0, 0.1) is 5.92 Å². The Balaban J connectivity index is 1.53. The van der Waals surface area contributed by atoms with E-state index in [4.69, 9.17) is 11.6 Å². The molecule has 3 rings (SSSR count). The fraction of sp³-hybridized carbons (Fsp3) is 0.500. The number of carbonyl (C=O) groups excluding carboxylic acids is 1. The molecule has 0 unspecified atom stereocenters. The number of rotatable bonds is 6. The van der Waals surface area contributed by atoms with Gasteiger partial charge in [0, 0.05) is 13.5 Å². The van der Waals surface area contributed by atoms with Crippen molar-refractivity contribution in [1.82, 2.24) is 14.8 Å². The Morgan fingerprint density at radius 2 is 2.04 bits per heavy atom. The van der Waals surface area contributed by atoms with Gasteiger partial charge in [-0.25, -0.2) is 0 Å². The maximum absolute atomic E-state index is 12.1. The second kappa shape index (κ2) is 8.72. The molecule has 0 atom stereocenters. The van der Waals surface area contributed by atoms with Crippen LogP contribution < -0.4 is 5.32 Å². The largest absolute Gasteiger partial charge is 0.324 e. The molecule has 7 heteroatoms. The van der Waals surface area contributed by atoms with Crippen LogP contribution in [0.15, 0.2) is 29.4 Å². The molecular weight excluding hydrogens is 356 g/mol. The number of nitrogens with zero attached hydrogens (tertiary/aromatic N) is 3. The molecule has 0 aliphatic heterocycles. The van der Waals surface area contributed by atoms with Crippen LogP contribution in [0.2, 0.25) is 5.02 Å². The van der Waals surface area contributed by atoms with Crippen LogP contribution in [0.4, 0.5) is 5.69 Å². The average molecular weight is 379 g/mol. The molecule has 25 heavy (non-hydrogen) atoms. The van der Waals surface area contributed by atoms with Gasteiger partial charge in [-0.15, -0.1) is 10.2 Å². The zero-order valence-corrected chi connectivity index (χ0v) is 15.9. The van der Waals surface area contributed by atoms with Crippen LogP contribution in [0.5, 0.6) is 0 Å². The van der Waals surface area contributed by atoms with E-state index in [0.717, 1.165) is 23.3 Å². The van der Waals surface area contributed by atoms with Crippen molar-refractivity contribution in [2.45, 2.75) is 43.7 Å². The molecule has 1 fully saturated rings. The van der Waals surface area contributed by atoms with E-state index in [1.807, 2.05) is 23.7 Å². The van der Waals surface area contributed by atoms with Crippen LogP contribution in [-0.4, -0.2) is 26.4 Å². The molecule has 1 aliphatic carbocycles. The summed E-state index contributed by atoms with van der Waals surface area (Å²) in [6, 6.07) is 7.22. The Morgan fingerprint density at radius 3 is 2.80 bits per heavy atom. The van der Waals surface area contributed by atoms with Gasteiger partial charge in [0.15, 0.2) is 5.16 Å². The van der Waals surface area contributed by atoms with Crippen molar-refractivity contribution in [3.63, 3.8) is 0 Å². The molecular formula is C18H23ClN4OS. The number of hydrogen-bond donors (Lipinski definition) is 1. The summed E-state index contributed by atoms with van der Waals surface area (Å²) in [5.74, 6) is 1.91. The highest BCUT2D eigenvalue weighted by atomic mass is 35.5. The minimum Gasteiger partial charge on any atom is -0.324 e. The number of benzene rings is 1. The topological polar surface area (TPSA) is 59.8 Å². The lowest BCUT2D eigenvalue weighted by Crippen LogP contribution is -2.15. The summed E-state index contributed by atoms with van der Waals surface area (Å²) in [6.07, 6.45) is 7.57. The Morgan fingerprint density at radius 1 is 1.28 bits per heavy atom. The van der Waals surface area contributed by atoms with E-state index in [0.29, 0.717) is 10.7 Å². The van der Waals surface area contributed by atoms with Gasteiger partial charge in [0.1, 0.15) is 5.82 Å². The minimum absolute atomic E-state index is 0.102. The Bertz CT molecular complexity index is 728. The van der Waals surface area contributed by atoms with Gasteiger partial charge < -0.3 is 9.88 Å². The molecule has 0 bridgehead atoms. The van der Waals surface area contributed by atoms with E-state index >= 15 is 0 Å². The van der Waals surface area contributed by atoms with Gasteiger partial charge in [-0.3, -0.25) is 4.79 Å². The maximum atomic E-state index is 12.1. The summed E-state index contributed by atoms with van der Waals surface area (Å²) in [7, 11) is 1.98. The van der Waals surface area contributed by atoms with Crippen molar-refractivity contribution >= 4 is 35.0 Å². The van der Waals surface area contributed by atoms with Crippen molar-refractivity contribution in [2.75, 3.05) is 11.1 Å². The molecule has 1 saturated carbocycles. The first kappa shape index (κ1) is 18.3. The summed E-state index contributed by atoms with van der Waals surface area (Å²) in [5, 5.41) is 12.7. The van der Waals surface area contributed by atoms with E-state index < -0.39 is 0 Å². The van der Waals surface area contributed by atoms with E-state index in [1.54, 1.807) is 12.1 Å². The van der Waals surface area contributed by atoms with E-state index in [9.17, 15) is 4.79 Å². The van der Waals surface area contributed by atoms with Crippen LogP contribution in [0.3, 0.4) is 0 Å². The smallest absolute Gasteiger partial charge is 0.234 e. The van der Waals surface area contributed by atoms with Gasteiger partial charge in [-0.1, -0.05) is 67.6 Å². The number of halogens is 1. The molecule has 134 valence electrons. The van der Waals surface area contributed by atoms with Gasteiger partial charge >= 0.3 is 0 Å². The standard InChI is InChI=1S/C18H23ClN4OS/c1-23-16(11-13-7-3-2-4-8-13)21-22-18(23)25-12-17(24)20-15-10-6-5-9-14(15)19/h5-6,9-10,13H,2-4,7-8,11-12H2,1H3,(H,20,24). The van der Waals surface area contributed by atoms with E-state index in [1.165, 1.54) is 43.9 Å². The van der Waals surface area contributed by atoms with Gasteiger partial charge in [-0.2, -0.15) is 0 Å². The number of hydrogen-bond acceptors (Lipinski definition) is 4. The zero-order valence-electron chi connectivity index (χ0n) is 14.4. The second-order valence-corrected chi connectivity index (χ2v) is 7.83. The normalized spacial score (nSPS) is 15.3. The Hall–Kier alpha value is -1.53. The molecule has 1 aromatic heterocycles. The molecule has 0 saturated heterocycles. The first-order valence-electron chi connectivity index (χ1n) is 8.69. The first-order chi connectivity index (χ1) is 12.1. The van der Waals surface area contributed by atoms with Crippen LogP contribution in [0.1, 0.15) is 37.9 Å². The van der Waals surface area contributed by atoms with Crippen molar-refractivity contribution in [3.8, 4) is 0 Å².